The van der Waals surface area contributed by atoms with Crippen LogP contribution in [0.15, 0.2) is 30.5 Å². The summed E-state index contributed by atoms with van der Waals surface area (Å²) in [6, 6.07) is 8.18. The molecule has 2 rings (SSSR count). The first-order chi connectivity index (χ1) is 9.04. The van der Waals surface area contributed by atoms with Gasteiger partial charge in [0.15, 0.2) is 0 Å². The maximum Gasteiger partial charge on any atom is 0.312 e. The summed E-state index contributed by atoms with van der Waals surface area (Å²) in [5.41, 5.74) is 1.82. The number of ether oxygens (including phenoxy) is 1. The van der Waals surface area contributed by atoms with E-state index < -0.39 is 5.41 Å². The number of para-hydroxylation sites is 1. The Morgan fingerprint density at radius 1 is 1.37 bits per heavy atom. The Balaban J connectivity index is 1.98. The molecule has 0 unspecified atom stereocenters. The largest absolute Gasteiger partial charge is 0.469 e. The monoisotopic (exact) mass is 260 g/mol. The number of carbonyl (C=O) groups is 1. The molecular weight excluding hydrogens is 240 g/mol. The topological polar surface area (TPSA) is 54.1 Å². The van der Waals surface area contributed by atoms with Crippen LogP contribution >= 0.6 is 0 Å². The summed E-state index contributed by atoms with van der Waals surface area (Å²) in [6.07, 6.45) is 2.00. The van der Waals surface area contributed by atoms with E-state index in [-0.39, 0.29) is 5.97 Å². The van der Waals surface area contributed by atoms with Crippen LogP contribution in [-0.2, 0) is 16.1 Å². The normalized spacial score (nSPS) is 11.7. The minimum atomic E-state index is -0.513. The number of benzene rings is 1. The van der Waals surface area contributed by atoms with Crippen molar-refractivity contribution in [3.63, 3.8) is 0 Å². The second kappa shape index (κ2) is 5.45. The van der Waals surface area contributed by atoms with Crippen molar-refractivity contribution < 1.29 is 9.53 Å². The Morgan fingerprint density at radius 2 is 2.11 bits per heavy atom. The molecule has 0 atom stereocenters. The van der Waals surface area contributed by atoms with Gasteiger partial charge in [-0.1, -0.05) is 18.2 Å². The summed E-state index contributed by atoms with van der Waals surface area (Å²) >= 11 is 0. The van der Waals surface area contributed by atoms with E-state index in [0.29, 0.717) is 6.54 Å². The van der Waals surface area contributed by atoms with E-state index in [1.807, 2.05) is 32.2 Å². The molecule has 0 saturated carbocycles. The minimum absolute atomic E-state index is 0.195. The molecule has 0 saturated heterocycles. The minimum Gasteiger partial charge on any atom is -0.469 e. The molecule has 2 N–H and O–H groups in total. The fourth-order valence-corrected chi connectivity index (χ4v) is 2.14. The van der Waals surface area contributed by atoms with Crippen molar-refractivity contribution in [2.75, 3.05) is 13.7 Å². The molecule has 0 aliphatic carbocycles. The first-order valence-electron chi connectivity index (χ1n) is 6.39. The molecule has 19 heavy (non-hydrogen) atoms. The second-order valence-corrected chi connectivity index (χ2v) is 5.34. The lowest BCUT2D eigenvalue weighted by molar-refractivity contribution is -0.150. The summed E-state index contributed by atoms with van der Waals surface area (Å²) in [6.45, 7) is 5.06. The first kappa shape index (κ1) is 13.6. The fourth-order valence-electron chi connectivity index (χ4n) is 2.14. The van der Waals surface area contributed by atoms with Gasteiger partial charge in [0.1, 0.15) is 0 Å². The van der Waals surface area contributed by atoms with Gasteiger partial charge in [0, 0.05) is 30.2 Å². The van der Waals surface area contributed by atoms with Crippen molar-refractivity contribution in [1.29, 1.82) is 0 Å². The van der Waals surface area contributed by atoms with E-state index >= 15 is 0 Å². The van der Waals surface area contributed by atoms with Gasteiger partial charge in [-0.25, -0.2) is 0 Å². The van der Waals surface area contributed by atoms with Crippen LogP contribution in [0.2, 0.25) is 0 Å². The zero-order chi connectivity index (χ0) is 13.9. The number of rotatable bonds is 5. The molecule has 1 aromatic carbocycles. The van der Waals surface area contributed by atoms with Crippen LogP contribution in [0.25, 0.3) is 10.9 Å². The standard InChI is InChI=1S/C15H20N2O2/c1-15(2,14(18)19-3)10-16-8-11-9-17-13-7-5-4-6-12(11)13/h4-7,9,16-17H,8,10H2,1-3H3. The predicted molar refractivity (Wildman–Crippen MR) is 75.8 cm³/mol. The summed E-state index contributed by atoms with van der Waals surface area (Å²) in [5.74, 6) is -0.195. The highest BCUT2D eigenvalue weighted by molar-refractivity contribution is 5.83. The smallest absolute Gasteiger partial charge is 0.312 e. The van der Waals surface area contributed by atoms with E-state index in [0.717, 1.165) is 12.1 Å². The highest BCUT2D eigenvalue weighted by Crippen LogP contribution is 2.19. The van der Waals surface area contributed by atoms with E-state index in [1.165, 1.54) is 18.1 Å². The zero-order valence-corrected chi connectivity index (χ0v) is 11.6. The van der Waals surface area contributed by atoms with Crippen molar-refractivity contribution in [3.05, 3.63) is 36.0 Å². The SMILES string of the molecule is COC(=O)C(C)(C)CNCc1c[nH]c2ccccc12. The molecule has 0 amide bonds. The molecule has 0 spiro atoms. The highest BCUT2D eigenvalue weighted by atomic mass is 16.5. The number of carbonyl (C=O) groups excluding carboxylic acids is 1. The lowest BCUT2D eigenvalue weighted by Gasteiger charge is -2.21. The average molecular weight is 260 g/mol. The van der Waals surface area contributed by atoms with Gasteiger partial charge < -0.3 is 15.0 Å². The number of H-pyrrole nitrogens is 1. The third-order valence-corrected chi connectivity index (χ3v) is 3.30. The zero-order valence-electron chi connectivity index (χ0n) is 11.6. The molecular formula is C15H20N2O2. The van der Waals surface area contributed by atoms with E-state index in [1.54, 1.807) is 0 Å². The summed E-state index contributed by atoms with van der Waals surface area (Å²) in [7, 11) is 1.42. The molecule has 0 aliphatic rings. The van der Waals surface area contributed by atoms with Crippen LogP contribution in [0.4, 0.5) is 0 Å². The molecule has 0 radical (unpaired) electrons. The van der Waals surface area contributed by atoms with Crippen molar-refractivity contribution in [2.24, 2.45) is 5.41 Å². The first-order valence-corrected chi connectivity index (χ1v) is 6.39. The quantitative estimate of drug-likeness (QED) is 0.812. The van der Waals surface area contributed by atoms with Crippen LogP contribution in [0.5, 0.6) is 0 Å². The van der Waals surface area contributed by atoms with E-state index in [9.17, 15) is 4.79 Å². The third kappa shape index (κ3) is 2.96. The fraction of sp³-hybridized carbons (Fsp3) is 0.400. The van der Waals surface area contributed by atoms with Crippen molar-refractivity contribution in [2.45, 2.75) is 20.4 Å². The Hall–Kier alpha value is -1.81. The number of aromatic nitrogens is 1. The molecule has 1 aromatic heterocycles. The molecule has 4 nitrogen and oxygen atoms in total. The van der Waals surface area contributed by atoms with Gasteiger partial charge in [-0.15, -0.1) is 0 Å². The number of hydrogen-bond acceptors (Lipinski definition) is 3. The van der Waals surface area contributed by atoms with Crippen LogP contribution < -0.4 is 5.32 Å². The average Bonchev–Trinajstić information content (AvgIpc) is 2.81. The van der Waals surface area contributed by atoms with Gasteiger partial charge in [0.05, 0.1) is 12.5 Å². The van der Waals surface area contributed by atoms with Gasteiger partial charge in [-0.05, 0) is 25.5 Å². The number of hydrogen-bond donors (Lipinski definition) is 2. The van der Waals surface area contributed by atoms with Crippen LogP contribution in [0.3, 0.4) is 0 Å². The molecule has 0 aliphatic heterocycles. The lowest BCUT2D eigenvalue weighted by Crippen LogP contribution is -2.36. The number of aromatic amines is 1. The summed E-state index contributed by atoms with van der Waals surface area (Å²) < 4.78 is 4.79. The molecule has 102 valence electrons. The van der Waals surface area contributed by atoms with Gasteiger partial charge in [-0.2, -0.15) is 0 Å². The maximum atomic E-state index is 11.6. The summed E-state index contributed by atoms with van der Waals surface area (Å²) in [5, 5.41) is 4.53. The van der Waals surface area contributed by atoms with Crippen LogP contribution in [0.1, 0.15) is 19.4 Å². The lowest BCUT2D eigenvalue weighted by atomic mass is 9.93. The highest BCUT2D eigenvalue weighted by Gasteiger charge is 2.28. The number of fused-ring (bicyclic) bond motifs is 1. The van der Waals surface area contributed by atoms with Crippen molar-refractivity contribution in [1.82, 2.24) is 10.3 Å². The number of esters is 1. The maximum absolute atomic E-state index is 11.6. The third-order valence-electron chi connectivity index (χ3n) is 3.30. The van der Waals surface area contributed by atoms with Crippen LogP contribution in [0, 0.1) is 5.41 Å². The van der Waals surface area contributed by atoms with Gasteiger partial charge in [0.25, 0.3) is 0 Å². The molecule has 0 bridgehead atoms. The number of methoxy groups -OCH3 is 1. The van der Waals surface area contributed by atoms with Gasteiger partial charge in [-0.3, -0.25) is 4.79 Å². The Morgan fingerprint density at radius 3 is 2.84 bits per heavy atom. The Kier molecular flexibility index (Phi) is 3.90. The van der Waals surface area contributed by atoms with E-state index in [2.05, 4.69) is 22.4 Å². The van der Waals surface area contributed by atoms with Gasteiger partial charge >= 0.3 is 5.97 Å². The second-order valence-electron chi connectivity index (χ2n) is 5.34. The summed E-state index contributed by atoms with van der Waals surface area (Å²) in [4.78, 5) is 14.8. The molecule has 0 fully saturated rings. The van der Waals surface area contributed by atoms with E-state index in [4.69, 9.17) is 4.74 Å². The molecule has 1 heterocycles. The molecule has 4 heteroatoms. The van der Waals surface area contributed by atoms with Gasteiger partial charge in [0.2, 0.25) is 0 Å². The predicted octanol–water partition coefficient (Wildman–Crippen LogP) is 2.46. The molecule has 2 aromatic rings. The van der Waals surface area contributed by atoms with Crippen molar-refractivity contribution >= 4 is 16.9 Å². The number of nitrogens with one attached hydrogen (secondary N) is 2. The Bertz CT molecular complexity index is 572. The Labute approximate surface area is 113 Å². The van der Waals surface area contributed by atoms with Crippen molar-refractivity contribution in [3.8, 4) is 0 Å². The van der Waals surface area contributed by atoms with Crippen LogP contribution in [-0.4, -0.2) is 24.6 Å².